The van der Waals surface area contributed by atoms with Crippen LogP contribution in [0.1, 0.15) is 171 Å². The lowest BCUT2D eigenvalue weighted by Gasteiger charge is -1.16. The largest absolute Gasteiger partial charge is 0.172 e. The Hall–Kier alpha value is -0.220. The number of hydrogen-bond acceptors (Lipinski definition) is 2. The van der Waals surface area contributed by atoms with Crippen LogP contribution in [0.15, 0.2) is 0 Å². The molecular weight excluding hydrogens is 342 g/mol. The second-order valence-electron chi connectivity index (χ2n) is 0. The van der Waals surface area contributed by atoms with E-state index in [-0.39, 0.29) is 171 Å². The minimum atomic E-state index is 0. The van der Waals surface area contributed by atoms with Crippen LogP contribution in [0.2, 0.25) is 0 Å². The summed E-state index contributed by atoms with van der Waals surface area (Å²) in [7, 11) is 0. The van der Waals surface area contributed by atoms with Crippen LogP contribution in [0.3, 0.4) is 0 Å². The standard InChI is InChI=1S/23CH4.2FH2N/c;;;;;;;;;;;;;;;;;;;;;;;2*1-2/h23*1H4;2*2H2. The molecule has 0 atom stereocenters. The summed E-state index contributed by atoms with van der Waals surface area (Å²) in [5.74, 6) is 6.00. The summed E-state index contributed by atoms with van der Waals surface area (Å²) in [6.07, 6.45) is 0. The maximum absolute atomic E-state index is 9.00. The Kier molecular flexibility index (Phi) is 68000000. The van der Waals surface area contributed by atoms with Gasteiger partial charge in [0.15, 0.2) is 0 Å². The van der Waals surface area contributed by atoms with Crippen LogP contribution in [-0.4, -0.2) is 0 Å². The summed E-state index contributed by atoms with van der Waals surface area (Å²) in [6, 6.07) is 0. The van der Waals surface area contributed by atoms with Crippen LogP contribution >= 0.6 is 0 Å². The Labute approximate surface area is 192 Å². The van der Waals surface area contributed by atoms with Crippen molar-refractivity contribution in [3.8, 4) is 0 Å². The van der Waals surface area contributed by atoms with Gasteiger partial charge < -0.3 is 0 Å². The molecule has 4 heteroatoms. The van der Waals surface area contributed by atoms with E-state index in [1.54, 1.807) is 0 Å². The van der Waals surface area contributed by atoms with Gasteiger partial charge in [-0.2, -0.15) is 11.9 Å². The molecule has 0 aliphatic heterocycles. The fourth-order valence-electron chi connectivity index (χ4n) is 0. The molecule has 0 fully saturated rings. The van der Waals surface area contributed by atoms with Crippen molar-refractivity contribution < 1.29 is 8.96 Å². The molecule has 212 valence electrons. The van der Waals surface area contributed by atoms with E-state index >= 15 is 0 Å². The molecule has 0 aromatic heterocycles. The highest BCUT2D eigenvalue weighted by Gasteiger charge is 0.846. The lowest BCUT2D eigenvalue weighted by atomic mass is 12.0. The zero-order valence-electron chi connectivity index (χ0n) is 1.91. The van der Waals surface area contributed by atoms with E-state index < -0.39 is 0 Å². The van der Waals surface area contributed by atoms with Crippen molar-refractivity contribution >= 4 is 0 Å². The first-order chi connectivity index (χ1) is 2.00. The Balaban J connectivity index is -0.0000000000696. The molecule has 0 heterocycles. The highest BCUT2D eigenvalue weighted by molar-refractivity contribution is 2.84. The monoisotopic (exact) mass is 439 g/mol. The van der Waals surface area contributed by atoms with Gasteiger partial charge >= 0.3 is 0 Å². The van der Waals surface area contributed by atoms with Gasteiger partial charge in [-0.25, -0.2) is 0 Å². The highest BCUT2D eigenvalue weighted by Crippen LogP contribution is 0.935. The quantitative estimate of drug-likeness (QED) is 0.369. The SMILES string of the molecule is C.C.C.C.C.C.C.C.C.C.C.C.C.C.C.C.C.C.C.C.C.C.C.NF.NF. The van der Waals surface area contributed by atoms with Crippen molar-refractivity contribution in [2.75, 3.05) is 0 Å². The summed E-state index contributed by atoms with van der Waals surface area (Å²) in [6.45, 7) is 0. The summed E-state index contributed by atoms with van der Waals surface area (Å²) in [4.78, 5) is 0. The fourth-order valence-corrected chi connectivity index (χ4v) is 0. The summed E-state index contributed by atoms with van der Waals surface area (Å²) >= 11 is 0. The first-order valence-corrected chi connectivity index (χ1v) is 0.436. The van der Waals surface area contributed by atoms with Gasteiger partial charge in [-0.05, 0) is 0 Å². The van der Waals surface area contributed by atoms with Crippen LogP contribution in [0.4, 0.5) is 8.96 Å². The van der Waals surface area contributed by atoms with Crippen LogP contribution in [0.25, 0.3) is 0 Å². The molecule has 0 aliphatic rings. The van der Waals surface area contributed by atoms with Crippen molar-refractivity contribution in [2.45, 2.75) is 171 Å². The Morgan fingerprint density at radius 1 is 0.148 bits per heavy atom. The first-order valence-electron chi connectivity index (χ1n) is 0.436. The Bertz CT molecular complexity index is 20.3. The van der Waals surface area contributed by atoms with Gasteiger partial charge in [0.1, 0.15) is 0 Å². The molecule has 0 saturated heterocycles. The molecule has 0 spiro atoms. The smallest absolute Gasteiger partial charge is 0.0776 e. The van der Waals surface area contributed by atoms with E-state index in [2.05, 4.69) is 11.9 Å². The number of nitrogens with two attached hydrogens (primary N) is 2. The van der Waals surface area contributed by atoms with Crippen molar-refractivity contribution in [2.24, 2.45) is 11.9 Å². The molecule has 0 aliphatic carbocycles. The number of halogens is 2. The average Bonchev–Trinajstić information content (AvgIpc) is 1.50. The first kappa shape index (κ1) is 5620. The van der Waals surface area contributed by atoms with Crippen molar-refractivity contribution in [1.29, 1.82) is 0 Å². The minimum absolute atomic E-state index is 0. The third-order valence-electron chi connectivity index (χ3n) is 0. The predicted molar refractivity (Wildman–Crippen MR) is 165 cm³/mol. The molecule has 0 unspecified atom stereocenters. The second kappa shape index (κ2) is 327000. The lowest BCUT2D eigenvalue weighted by molar-refractivity contribution is 0.530. The third-order valence-corrected chi connectivity index (χ3v) is 0. The van der Waals surface area contributed by atoms with Crippen LogP contribution < -0.4 is 11.9 Å². The van der Waals surface area contributed by atoms with E-state index in [1.165, 1.54) is 0 Å². The minimum Gasteiger partial charge on any atom is -0.172 e. The van der Waals surface area contributed by atoms with Gasteiger partial charge in [-0.1, -0.05) is 171 Å². The van der Waals surface area contributed by atoms with Crippen LogP contribution in [0, 0.1) is 0 Å². The topological polar surface area (TPSA) is 52.0 Å². The number of rotatable bonds is 0. The molecule has 4 N–H and O–H groups in total. The predicted octanol–water partition coefficient (Wildman–Crippen LogP) is 14.3. The van der Waals surface area contributed by atoms with Crippen LogP contribution in [0.5, 0.6) is 0 Å². The summed E-state index contributed by atoms with van der Waals surface area (Å²) in [5.41, 5.74) is 0. The van der Waals surface area contributed by atoms with Gasteiger partial charge in [0.2, 0.25) is 0 Å². The zero-order chi connectivity index (χ0) is 4.00. The second-order valence-corrected chi connectivity index (χ2v) is 0. The molecule has 27 heavy (non-hydrogen) atoms. The van der Waals surface area contributed by atoms with Crippen LogP contribution in [-0.2, 0) is 0 Å². The Morgan fingerprint density at radius 2 is 0.148 bits per heavy atom. The van der Waals surface area contributed by atoms with Crippen molar-refractivity contribution in [3.05, 3.63) is 0 Å². The molecule has 0 aromatic rings. The van der Waals surface area contributed by atoms with Gasteiger partial charge in [0.05, 0.1) is 0 Å². The fraction of sp³-hybridized carbons (Fsp3) is 1.00. The Morgan fingerprint density at radius 3 is 0.148 bits per heavy atom. The van der Waals surface area contributed by atoms with E-state index in [0.29, 0.717) is 0 Å². The van der Waals surface area contributed by atoms with E-state index in [4.69, 9.17) is 8.96 Å². The van der Waals surface area contributed by atoms with Gasteiger partial charge in [0.25, 0.3) is 0 Å². The molecular formula is C23H96F2N2. The van der Waals surface area contributed by atoms with Gasteiger partial charge in [0, 0.05) is 0 Å². The molecule has 0 bridgehead atoms. The number of hydrogen-bond donors (Lipinski definition) is 2. The molecule has 0 amide bonds. The van der Waals surface area contributed by atoms with Gasteiger partial charge in [-0.3, -0.25) is 0 Å². The highest BCUT2D eigenvalue weighted by atomic mass is 19.2. The molecule has 0 rings (SSSR count). The molecule has 2 nitrogen and oxygen atoms in total. The van der Waals surface area contributed by atoms with Crippen molar-refractivity contribution in [3.63, 3.8) is 0 Å². The van der Waals surface area contributed by atoms with E-state index in [0.717, 1.165) is 0 Å². The average molecular weight is 439 g/mol. The maximum atomic E-state index is 9.00. The van der Waals surface area contributed by atoms with E-state index in [1.807, 2.05) is 0 Å². The molecule has 0 saturated carbocycles. The maximum Gasteiger partial charge on any atom is -0.0776 e. The van der Waals surface area contributed by atoms with E-state index in [9.17, 15) is 0 Å². The normalized spacial score (nSPS) is 0.444. The van der Waals surface area contributed by atoms with Crippen molar-refractivity contribution in [1.82, 2.24) is 0 Å². The third kappa shape index (κ3) is 301000. The molecule has 0 radical (unpaired) electrons. The van der Waals surface area contributed by atoms with Gasteiger partial charge in [-0.15, -0.1) is 8.96 Å². The molecule has 0 aromatic carbocycles. The zero-order valence-corrected chi connectivity index (χ0v) is 1.91. The lowest BCUT2D eigenvalue weighted by Crippen LogP contribution is -1.53. The summed E-state index contributed by atoms with van der Waals surface area (Å²) < 4.78 is 18.0. The summed E-state index contributed by atoms with van der Waals surface area (Å²) in [5, 5.41) is 0.